The molecule has 0 saturated carbocycles. The van der Waals surface area contributed by atoms with Crippen LogP contribution in [0.25, 0.3) is 53.1 Å². The van der Waals surface area contributed by atoms with Crippen LogP contribution >= 0.6 is 11.3 Å². The topological polar surface area (TPSA) is 30.9 Å². The first-order valence-electron chi connectivity index (χ1n) is 9.47. The van der Waals surface area contributed by atoms with Crippen molar-refractivity contribution in [2.45, 2.75) is 6.67 Å². The van der Waals surface area contributed by atoms with Crippen molar-refractivity contribution in [2.75, 3.05) is 0 Å². The number of hydrogen-bond acceptors (Lipinski definition) is 2. The Morgan fingerprint density at radius 1 is 0.679 bits per heavy atom. The molecule has 6 aromatic rings. The maximum atomic E-state index is 6.06. The van der Waals surface area contributed by atoms with E-state index in [0.29, 0.717) is 6.67 Å². The van der Waals surface area contributed by atoms with E-state index in [9.17, 15) is 0 Å². The smallest absolute Gasteiger partial charge is 0.0707 e. The van der Waals surface area contributed by atoms with Gasteiger partial charge in [-0.05, 0) is 35.4 Å². The standard InChI is InChI=1S/C25H18N2S/c26-15-27-22-10-3-1-6-18(22)21-14-16(12-13-23(21)27)17-8-5-9-20-19-7-2-4-11-24(19)28-25(17)20/h1-14H,15,26H2. The van der Waals surface area contributed by atoms with E-state index in [-0.39, 0.29) is 0 Å². The minimum atomic E-state index is 0.481. The lowest BCUT2D eigenvalue weighted by Crippen LogP contribution is -2.05. The number of nitrogens with zero attached hydrogens (tertiary/aromatic N) is 1. The number of fused-ring (bicyclic) bond motifs is 6. The van der Waals surface area contributed by atoms with Crippen LogP contribution in [0.1, 0.15) is 0 Å². The van der Waals surface area contributed by atoms with Gasteiger partial charge >= 0.3 is 0 Å². The first kappa shape index (κ1) is 15.9. The van der Waals surface area contributed by atoms with E-state index in [1.807, 2.05) is 11.3 Å². The van der Waals surface area contributed by atoms with Crippen molar-refractivity contribution in [3.63, 3.8) is 0 Å². The zero-order chi connectivity index (χ0) is 18.7. The number of para-hydroxylation sites is 1. The van der Waals surface area contributed by atoms with E-state index < -0.39 is 0 Å². The Bertz CT molecular complexity index is 1500. The molecule has 2 N–H and O–H groups in total. The normalized spacial score (nSPS) is 11.9. The second-order valence-corrected chi connectivity index (χ2v) is 8.19. The zero-order valence-electron chi connectivity index (χ0n) is 15.2. The number of thiophene rings is 1. The van der Waals surface area contributed by atoms with E-state index >= 15 is 0 Å². The van der Waals surface area contributed by atoms with E-state index in [1.54, 1.807) is 0 Å². The third kappa shape index (κ3) is 2.12. The summed E-state index contributed by atoms with van der Waals surface area (Å²) in [5, 5.41) is 5.19. The number of rotatable bonds is 2. The molecule has 0 saturated heterocycles. The van der Waals surface area contributed by atoms with Crippen molar-refractivity contribution in [1.29, 1.82) is 0 Å². The van der Waals surface area contributed by atoms with Crippen molar-refractivity contribution in [1.82, 2.24) is 4.57 Å². The molecule has 134 valence electrons. The molecule has 0 atom stereocenters. The molecule has 4 aromatic carbocycles. The lowest BCUT2D eigenvalue weighted by Gasteiger charge is -2.06. The van der Waals surface area contributed by atoms with Crippen LogP contribution in [0.15, 0.2) is 84.9 Å². The highest BCUT2D eigenvalue weighted by atomic mass is 32.1. The molecule has 0 unspecified atom stereocenters. The monoisotopic (exact) mass is 378 g/mol. The van der Waals surface area contributed by atoms with Crippen molar-refractivity contribution < 1.29 is 0 Å². The summed E-state index contributed by atoms with van der Waals surface area (Å²) in [5.41, 5.74) is 11.0. The second-order valence-electron chi connectivity index (χ2n) is 7.14. The number of benzene rings is 4. The third-order valence-corrected chi connectivity index (χ3v) is 6.89. The average Bonchev–Trinajstić information content (AvgIpc) is 3.28. The van der Waals surface area contributed by atoms with E-state index in [2.05, 4.69) is 89.5 Å². The SMILES string of the molecule is NCn1c2ccccc2c2cc(-c3cccc4c3sc3ccccc34)ccc21. The van der Waals surface area contributed by atoms with Crippen molar-refractivity contribution in [3.05, 3.63) is 84.9 Å². The lowest BCUT2D eigenvalue weighted by atomic mass is 10.0. The van der Waals surface area contributed by atoms with Gasteiger partial charge < -0.3 is 10.3 Å². The predicted octanol–water partition coefficient (Wildman–Crippen LogP) is 6.75. The molecule has 0 amide bonds. The molecule has 0 aliphatic heterocycles. The highest BCUT2D eigenvalue weighted by Crippen LogP contribution is 2.41. The minimum Gasteiger partial charge on any atom is -0.327 e. The fourth-order valence-corrected chi connectivity index (χ4v) is 5.63. The van der Waals surface area contributed by atoms with Gasteiger partial charge in [0.2, 0.25) is 0 Å². The van der Waals surface area contributed by atoms with Crippen LogP contribution in [0, 0.1) is 0 Å². The Balaban J connectivity index is 1.68. The van der Waals surface area contributed by atoms with Gasteiger partial charge in [-0.15, -0.1) is 11.3 Å². The molecule has 6 rings (SSSR count). The molecule has 2 nitrogen and oxygen atoms in total. The predicted molar refractivity (Wildman–Crippen MR) is 122 cm³/mol. The van der Waals surface area contributed by atoms with Crippen molar-refractivity contribution >= 4 is 53.3 Å². The molecule has 2 heterocycles. The number of hydrogen-bond donors (Lipinski definition) is 1. The summed E-state index contributed by atoms with van der Waals surface area (Å²) in [7, 11) is 0. The van der Waals surface area contributed by atoms with Crippen LogP contribution in [0.2, 0.25) is 0 Å². The molecule has 0 fully saturated rings. The largest absolute Gasteiger partial charge is 0.327 e. The highest BCUT2D eigenvalue weighted by molar-refractivity contribution is 7.26. The van der Waals surface area contributed by atoms with Gasteiger partial charge in [-0.25, -0.2) is 0 Å². The molecule has 0 aliphatic carbocycles. The quantitative estimate of drug-likeness (QED) is 0.355. The van der Waals surface area contributed by atoms with Crippen molar-refractivity contribution in [2.24, 2.45) is 5.73 Å². The van der Waals surface area contributed by atoms with Gasteiger partial charge in [0.1, 0.15) is 0 Å². The molecular weight excluding hydrogens is 360 g/mol. The van der Waals surface area contributed by atoms with Crippen LogP contribution in [-0.4, -0.2) is 4.57 Å². The fraction of sp³-hybridized carbons (Fsp3) is 0.0400. The summed E-state index contributed by atoms with van der Waals surface area (Å²) in [6, 6.07) is 30.6. The molecule has 3 heteroatoms. The van der Waals surface area contributed by atoms with Gasteiger partial charge in [0.25, 0.3) is 0 Å². The zero-order valence-corrected chi connectivity index (χ0v) is 16.0. The minimum absolute atomic E-state index is 0.481. The fourth-order valence-electron chi connectivity index (χ4n) is 4.39. The highest BCUT2D eigenvalue weighted by Gasteiger charge is 2.13. The Labute approximate surface area is 166 Å². The first-order valence-corrected chi connectivity index (χ1v) is 10.3. The molecule has 28 heavy (non-hydrogen) atoms. The Morgan fingerprint density at radius 2 is 1.43 bits per heavy atom. The molecule has 0 aliphatic rings. The summed E-state index contributed by atoms with van der Waals surface area (Å²) < 4.78 is 4.88. The molecule has 0 bridgehead atoms. The lowest BCUT2D eigenvalue weighted by molar-refractivity contribution is 0.791. The summed E-state index contributed by atoms with van der Waals surface area (Å²) in [6.07, 6.45) is 0. The van der Waals surface area contributed by atoms with E-state index in [4.69, 9.17) is 5.73 Å². The Morgan fingerprint density at radius 3 is 2.32 bits per heavy atom. The van der Waals surface area contributed by atoms with Gasteiger partial charge in [-0.2, -0.15) is 0 Å². The van der Waals surface area contributed by atoms with Crippen LogP contribution in [0.4, 0.5) is 0 Å². The summed E-state index contributed by atoms with van der Waals surface area (Å²) in [5.74, 6) is 0. The maximum Gasteiger partial charge on any atom is 0.0707 e. The van der Waals surface area contributed by atoms with Gasteiger partial charge in [0.15, 0.2) is 0 Å². The first-order chi connectivity index (χ1) is 13.8. The van der Waals surface area contributed by atoms with Crippen LogP contribution in [0.3, 0.4) is 0 Å². The van der Waals surface area contributed by atoms with Crippen LogP contribution in [0.5, 0.6) is 0 Å². The van der Waals surface area contributed by atoms with Gasteiger partial charge in [0, 0.05) is 30.9 Å². The van der Waals surface area contributed by atoms with E-state index in [1.165, 1.54) is 53.1 Å². The summed E-state index contributed by atoms with van der Waals surface area (Å²) in [4.78, 5) is 0. The number of nitrogens with two attached hydrogens (primary N) is 1. The van der Waals surface area contributed by atoms with Crippen LogP contribution < -0.4 is 5.73 Å². The summed E-state index contributed by atoms with van der Waals surface area (Å²) >= 11 is 1.88. The van der Waals surface area contributed by atoms with Crippen molar-refractivity contribution in [3.8, 4) is 11.1 Å². The molecule has 2 aromatic heterocycles. The van der Waals surface area contributed by atoms with Gasteiger partial charge in [-0.1, -0.05) is 60.7 Å². The molecule has 0 radical (unpaired) electrons. The second kappa shape index (κ2) is 5.93. The Hall–Kier alpha value is -3.14. The maximum absolute atomic E-state index is 6.06. The van der Waals surface area contributed by atoms with E-state index in [0.717, 1.165) is 0 Å². The van der Waals surface area contributed by atoms with Gasteiger partial charge in [-0.3, -0.25) is 0 Å². The van der Waals surface area contributed by atoms with Crippen LogP contribution in [-0.2, 0) is 6.67 Å². The Kier molecular flexibility index (Phi) is 3.36. The summed E-state index contributed by atoms with van der Waals surface area (Å²) in [6.45, 7) is 0.481. The molecular formula is C25H18N2S. The molecule has 0 spiro atoms. The number of aromatic nitrogens is 1. The third-order valence-electron chi connectivity index (χ3n) is 5.67. The average molecular weight is 379 g/mol. The van der Waals surface area contributed by atoms with Gasteiger partial charge in [0.05, 0.1) is 17.7 Å².